The zero-order valence-electron chi connectivity index (χ0n) is 14.8. The SMILES string of the molecule is CCOc1ccc(CCC(=O)N[C@H]2C[C@@H]3CC[C@@H]2C3)cc1OCC. The molecule has 4 nitrogen and oxygen atoms in total. The van der Waals surface area contributed by atoms with E-state index in [-0.39, 0.29) is 5.91 Å². The Bertz CT molecular complexity index is 572. The Labute approximate surface area is 144 Å². The molecule has 0 unspecified atom stereocenters. The van der Waals surface area contributed by atoms with Gasteiger partial charge < -0.3 is 14.8 Å². The minimum atomic E-state index is 0.180. The quantitative estimate of drug-likeness (QED) is 0.790. The van der Waals surface area contributed by atoms with Crippen LogP contribution in [-0.2, 0) is 11.2 Å². The molecule has 1 aromatic carbocycles. The maximum absolute atomic E-state index is 12.3. The molecule has 0 radical (unpaired) electrons. The minimum absolute atomic E-state index is 0.180. The van der Waals surface area contributed by atoms with Crippen LogP contribution in [0.3, 0.4) is 0 Å². The van der Waals surface area contributed by atoms with E-state index in [1.807, 2.05) is 32.0 Å². The lowest BCUT2D eigenvalue weighted by Gasteiger charge is -2.22. The first-order valence-electron chi connectivity index (χ1n) is 9.37. The highest BCUT2D eigenvalue weighted by Gasteiger charge is 2.39. The summed E-state index contributed by atoms with van der Waals surface area (Å²) in [6.45, 7) is 5.15. The highest BCUT2D eigenvalue weighted by molar-refractivity contribution is 5.76. The Kier molecular flexibility index (Phi) is 5.64. The summed E-state index contributed by atoms with van der Waals surface area (Å²) in [5.74, 6) is 3.31. The number of hydrogen-bond acceptors (Lipinski definition) is 3. The molecule has 0 spiro atoms. The van der Waals surface area contributed by atoms with E-state index in [0.717, 1.165) is 35.3 Å². The fraction of sp³-hybridized carbons (Fsp3) is 0.650. The van der Waals surface area contributed by atoms with Gasteiger partial charge in [0.05, 0.1) is 13.2 Å². The Hall–Kier alpha value is -1.71. The molecule has 2 aliphatic carbocycles. The Balaban J connectivity index is 1.52. The van der Waals surface area contributed by atoms with E-state index in [0.29, 0.717) is 25.7 Å². The van der Waals surface area contributed by atoms with Gasteiger partial charge in [-0.25, -0.2) is 0 Å². The lowest BCUT2D eigenvalue weighted by atomic mass is 9.95. The number of rotatable bonds is 8. The highest BCUT2D eigenvalue weighted by Crippen LogP contribution is 2.44. The summed E-state index contributed by atoms with van der Waals surface area (Å²) >= 11 is 0. The van der Waals surface area contributed by atoms with Crippen molar-refractivity contribution in [3.05, 3.63) is 23.8 Å². The van der Waals surface area contributed by atoms with Gasteiger partial charge in [0.1, 0.15) is 0 Å². The lowest BCUT2D eigenvalue weighted by Crippen LogP contribution is -2.38. The fourth-order valence-electron chi connectivity index (χ4n) is 4.21. The van der Waals surface area contributed by atoms with Crippen molar-refractivity contribution in [2.24, 2.45) is 11.8 Å². The van der Waals surface area contributed by atoms with E-state index in [4.69, 9.17) is 9.47 Å². The maximum Gasteiger partial charge on any atom is 0.220 e. The normalized spacial score (nSPS) is 24.8. The van der Waals surface area contributed by atoms with Crippen molar-refractivity contribution in [3.63, 3.8) is 0 Å². The largest absolute Gasteiger partial charge is 0.490 e. The van der Waals surface area contributed by atoms with Gasteiger partial charge in [0.15, 0.2) is 11.5 Å². The van der Waals surface area contributed by atoms with Crippen molar-refractivity contribution >= 4 is 5.91 Å². The summed E-state index contributed by atoms with van der Waals surface area (Å²) < 4.78 is 11.2. The standard InChI is InChI=1S/C20H29NO3/c1-3-23-18-9-6-14(13-19(18)24-4-2)7-10-20(22)21-17-12-15-5-8-16(17)11-15/h6,9,13,15-17H,3-5,7-8,10-12H2,1-2H3,(H,21,22)/t15-,16-,17+/m1/s1. The van der Waals surface area contributed by atoms with E-state index in [2.05, 4.69) is 5.32 Å². The molecule has 2 saturated carbocycles. The molecular formula is C20H29NO3. The Morgan fingerprint density at radius 1 is 1.12 bits per heavy atom. The average molecular weight is 331 g/mol. The third-order valence-electron chi connectivity index (χ3n) is 5.33. The van der Waals surface area contributed by atoms with Crippen molar-refractivity contribution in [1.82, 2.24) is 5.32 Å². The maximum atomic E-state index is 12.3. The smallest absolute Gasteiger partial charge is 0.220 e. The summed E-state index contributed by atoms with van der Waals surface area (Å²) in [6, 6.07) is 6.39. The molecule has 0 aromatic heterocycles. The van der Waals surface area contributed by atoms with Gasteiger partial charge in [-0.15, -0.1) is 0 Å². The molecule has 2 aliphatic rings. The molecule has 3 atom stereocenters. The van der Waals surface area contributed by atoms with E-state index in [1.165, 1.54) is 25.7 Å². The summed E-state index contributed by atoms with van der Waals surface area (Å²) in [6.07, 6.45) is 6.44. The minimum Gasteiger partial charge on any atom is -0.490 e. The number of carbonyl (C=O) groups is 1. The van der Waals surface area contributed by atoms with Crippen LogP contribution in [0.2, 0.25) is 0 Å². The summed E-state index contributed by atoms with van der Waals surface area (Å²) in [4.78, 5) is 12.3. The monoisotopic (exact) mass is 331 g/mol. The number of nitrogens with one attached hydrogen (secondary N) is 1. The van der Waals surface area contributed by atoms with E-state index < -0.39 is 0 Å². The number of ether oxygens (including phenoxy) is 2. The second-order valence-electron chi connectivity index (χ2n) is 7.00. The van der Waals surface area contributed by atoms with Crippen LogP contribution in [0.15, 0.2) is 18.2 Å². The van der Waals surface area contributed by atoms with Gasteiger partial charge in [-0.05, 0) is 69.1 Å². The van der Waals surface area contributed by atoms with Crippen LogP contribution in [0.1, 0.15) is 51.5 Å². The van der Waals surface area contributed by atoms with Gasteiger partial charge in [0.2, 0.25) is 5.91 Å². The van der Waals surface area contributed by atoms with Gasteiger partial charge in [0.25, 0.3) is 0 Å². The predicted molar refractivity (Wildman–Crippen MR) is 94.5 cm³/mol. The van der Waals surface area contributed by atoms with Crippen LogP contribution < -0.4 is 14.8 Å². The lowest BCUT2D eigenvalue weighted by molar-refractivity contribution is -0.122. The number of amides is 1. The van der Waals surface area contributed by atoms with E-state index in [1.54, 1.807) is 0 Å². The molecule has 1 aromatic rings. The first-order valence-corrected chi connectivity index (χ1v) is 9.37. The predicted octanol–water partition coefficient (Wildman–Crippen LogP) is 3.72. The van der Waals surface area contributed by atoms with Gasteiger partial charge in [0, 0.05) is 12.5 Å². The molecule has 2 bridgehead atoms. The first kappa shape index (κ1) is 17.1. The molecule has 1 N–H and O–H groups in total. The number of hydrogen-bond donors (Lipinski definition) is 1. The van der Waals surface area contributed by atoms with Crippen molar-refractivity contribution < 1.29 is 14.3 Å². The summed E-state index contributed by atoms with van der Waals surface area (Å²) in [7, 11) is 0. The van der Waals surface area contributed by atoms with Crippen LogP contribution in [0, 0.1) is 11.8 Å². The molecular weight excluding hydrogens is 302 g/mol. The summed E-state index contributed by atoms with van der Waals surface area (Å²) in [5.41, 5.74) is 1.12. The molecule has 4 heteroatoms. The van der Waals surface area contributed by atoms with Crippen LogP contribution in [-0.4, -0.2) is 25.2 Å². The second kappa shape index (κ2) is 7.91. The Morgan fingerprint density at radius 2 is 1.92 bits per heavy atom. The van der Waals surface area contributed by atoms with Crippen molar-refractivity contribution in [2.75, 3.05) is 13.2 Å². The van der Waals surface area contributed by atoms with Gasteiger partial charge in [-0.3, -0.25) is 4.79 Å². The third kappa shape index (κ3) is 4.03. The zero-order valence-corrected chi connectivity index (χ0v) is 14.8. The van der Waals surface area contributed by atoms with Crippen LogP contribution in [0.4, 0.5) is 0 Å². The van der Waals surface area contributed by atoms with Crippen LogP contribution in [0.25, 0.3) is 0 Å². The molecule has 132 valence electrons. The highest BCUT2D eigenvalue weighted by atomic mass is 16.5. The second-order valence-corrected chi connectivity index (χ2v) is 7.00. The van der Waals surface area contributed by atoms with Gasteiger partial charge in [-0.1, -0.05) is 12.5 Å². The third-order valence-corrected chi connectivity index (χ3v) is 5.33. The fourth-order valence-corrected chi connectivity index (χ4v) is 4.21. The topological polar surface area (TPSA) is 47.6 Å². The summed E-state index contributed by atoms with van der Waals surface area (Å²) in [5, 5.41) is 3.26. The van der Waals surface area contributed by atoms with Crippen LogP contribution in [0.5, 0.6) is 11.5 Å². The van der Waals surface area contributed by atoms with E-state index >= 15 is 0 Å². The number of benzene rings is 1. The van der Waals surface area contributed by atoms with Crippen LogP contribution >= 0.6 is 0 Å². The number of carbonyl (C=O) groups excluding carboxylic acids is 1. The van der Waals surface area contributed by atoms with Crippen molar-refractivity contribution in [1.29, 1.82) is 0 Å². The molecule has 3 rings (SSSR count). The van der Waals surface area contributed by atoms with Gasteiger partial charge in [-0.2, -0.15) is 0 Å². The molecule has 0 aliphatic heterocycles. The zero-order chi connectivity index (χ0) is 16.9. The molecule has 2 fully saturated rings. The number of fused-ring (bicyclic) bond motifs is 2. The van der Waals surface area contributed by atoms with Crippen molar-refractivity contribution in [2.45, 2.75) is 58.4 Å². The molecule has 0 heterocycles. The molecule has 1 amide bonds. The molecule has 24 heavy (non-hydrogen) atoms. The van der Waals surface area contributed by atoms with E-state index in [9.17, 15) is 4.79 Å². The first-order chi connectivity index (χ1) is 11.7. The van der Waals surface area contributed by atoms with Gasteiger partial charge >= 0.3 is 0 Å². The molecule has 0 saturated heterocycles. The Morgan fingerprint density at radius 3 is 2.58 bits per heavy atom. The van der Waals surface area contributed by atoms with Crippen molar-refractivity contribution in [3.8, 4) is 11.5 Å². The average Bonchev–Trinajstić information content (AvgIpc) is 3.18. The number of aryl methyl sites for hydroxylation is 1.